The minimum Gasteiger partial charge on any atom is -0.372 e. The van der Waals surface area contributed by atoms with E-state index >= 15 is 0 Å². The van der Waals surface area contributed by atoms with Gasteiger partial charge in [-0.2, -0.15) is 13.2 Å². The van der Waals surface area contributed by atoms with Gasteiger partial charge in [-0.05, 0) is 54.5 Å². The van der Waals surface area contributed by atoms with Crippen molar-refractivity contribution in [2.24, 2.45) is 5.92 Å². The van der Waals surface area contributed by atoms with Crippen molar-refractivity contribution in [1.82, 2.24) is 0 Å². The molecule has 0 amide bonds. The fourth-order valence-corrected chi connectivity index (χ4v) is 4.56. The standard InChI is InChI=1S/C21H19F3N2O2/c1-11-10-17(26(27)28)20-18(12(11)2)13-7-5-8-14(13)19(25-20)15-6-3-4-9-16(15)21(22,23)24/h3-7,9-10,13-14,19,25H,8H2,1-2H3/t13-,14-,19-/m1/s1. The predicted molar refractivity (Wildman–Crippen MR) is 100 cm³/mol. The summed E-state index contributed by atoms with van der Waals surface area (Å²) in [6, 6.07) is 6.31. The van der Waals surface area contributed by atoms with Gasteiger partial charge < -0.3 is 5.32 Å². The molecule has 0 unspecified atom stereocenters. The van der Waals surface area contributed by atoms with Gasteiger partial charge in [0.25, 0.3) is 5.69 Å². The normalized spacial score (nSPS) is 23.1. The SMILES string of the molecule is Cc1cc([N+](=O)[O-])c2c(c1C)[C@@H]1C=CC[C@H]1[C@H](c1ccccc1C(F)(F)F)N2. The van der Waals surface area contributed by atoms with E-state index in [1.807, 2.05) is 26.0 Å². The van der Waals surface area contributed by atoms with Crippen LogP contribution < -0.4 is 5.32 Å². The number of alkyl halides is 3. The molecule has 0 radical (unpaired) electrons. The van der Waals surface area contributed by atoms with Gasteiger partial charge in [0.1, 0.15) is 5.69 Å². The van der Waals surface area contributed by atoms with E-state index in [1.54, 1.807) is 6.07 Å². The number of nitro groups is 1. The fourth-order valence-electron chi connectivity index (χ4n) is 4.56. The van der Waals surface area contributed by atoms with Crippen LogP contribution in [-0.2, 0) is 6.18 Å². The third-order valence-electron chi connectivity index (χ3n) is 5.95. The van der Waals surface area contributed by atoms with Crippen LogP contribution in [0.15, 0.2) is 42.5 Å². The Morgan fingerprint density at radius 2 is 1.93 bits per heavy atom. The van der Waals surface area contributed by atoms with Gasteiger partial charge in [0.05, 0.1) is 16.5 Å². The molecule has 0 fully saturated rings. The van der Waals surface area contributed by atoms with E-state index in [4.69, 9.17) is 0 Å². The number of halogens is 3. The van der Waals surface area contributed by atoms with E-state index in [0.29, 0.717) is 12.1 Å². The van der Waals surface area contributed by atoms with Crippen LogP contribution in [0.3, 0.4) is 0 Å². The lowest BCUT2D eigenvalue weighted by Gasteiger charge is -2.39. The smallest absolute Gasteiger partial charge is 0.372 e. The minimum absolute atomic E-state index is 0.0914. The molecule has 28 heavy (non-hydrogen) atoms. The number of aryl methyl sites for hydroxylation is 1. The lowest BCUT2D eigenvalue weighted by molar-refractivity contribution is -0.384. The fraction of sp³-hybridized carbons (Fsp3) is 0.333. The van der Waals surface area contributed by atoms with Crippen LogP contribution in [0.25, 0.3) is 0 Å². The Labute approximate surface area is 160 Å². The van der Waals surface area contributed by atoms with Crippen molar-refractivity contribution in [1.29, 1.82) is 0 Å². The van der Waals surface area contributed by atoms with E-state index < -0.39 is 22.7 Å². The lowest BCUT2D eigenvalue weighted by Crippen LogP contribution is -2.32. The van der Waals surface area contributed by atoms with Gasteiger partial charge in [0, 0.05) is 12.0 Å². The van der Waals surface area contributed by atoms with Crippen molar-refractivity contribution in [2.75, 3.05) is 5.32 Å². The molecular weight excluding hydrogens is 369 g/mol. The third-order valence-corrected chi connectivity index (χ3v) is 5.95. The summed E-state index contributed by atoms with van der Waals surface area (Å²) in [5.74, 6) is -0.280. The first-order chi connectivity index (χ1) is 13.2. The summed E-state index contributed by atoms with van der Waals surface area (Å²) in [5.41, 5.74) is 2.25. The zero-order chi connectivity index (χ0) is 20.2. The molecule has 0 saturated carbocycles. The van der Waals surface area contributed by atoms with Gasteiger partial charge >= 0.3 is 6.18 Å². The van der Waals surface area contributed by atoms with Gasteiger partial charge in [-0.3, -0.25) is 10.1 Å². The molecule has 0 bridgehead atoms. The highest BCUT2D eigenvalue weighted by atomic mass is 19.4. The first-order valence-corrected chi connectivity index (χ1v) is 9.08. The molecule has 2 aromatic rings. The summed E-state index contributed by atoms with van der Waals surface area (Å²) < 4.78 is 40.8. The maximum Gasteiger partial charge on any atom is 0.416 e. The maximum absolute atomic E-state index is 13.6. The van der Waals surface area contributed by atoms with Crippen LogP contribution in [-0.4, -0.2) is 4.92 Å². The predicted octanol–water partition coefficient (Wildman–Crippen LogP) is 6.06. The quantitative estimate of drug-likeness (QED) is 0.387. The second-order valence-corrected chi connectivity index (χ2v) is 7.44. The number of benzene rings is 2. The van der Waals surface area contributed by atoms with Crippen LogP contribution in [0.5, 0.6) is 0 Å². The van der Waals surface area contributed by atoms with Crippen LogP contribution in [0.1, 0.15) is 46.2 Å². The molecule has 0 spiro atoms. The van der Waals surface area contributed by atoms with Crippen LogP contribution in [0.4, 0.5) is 24.5 Å². The lowest BCUT2D eigenvalue weighted by atomic mass is 9.74. The van der Waals surface area contributed by atoms with E-state index in [0.717, 1.165) is 22.8 Å². The van der Waals surface area contributed by atoms with Crippen molar-refractivity contribution in [3.8, 4) is 0 Å². The zero-order valence-corrected chi connectivity index (χ0v) is 15.4. The van der Waals surface area contributed by atoms with Crippen LogP contribution in [0, 0.1) is 29.9 Å². The van der Waals surface area contributed by atoms with Crippen molar-refractivity contribution < 1.29 is 18.1 Å². The number of allylic oxidation sites excluding steroid dienone is 2. The Bertz CT molecular complexity index is 998. The number of nitrogens with one attached hydrogen (secondary N) is 1. The Kier molecular flexibility index (Phi) is 4.21. The van der Waals surface area contributed by atoms with Crippen molar-refractivity contribution in [3.05, 3.63) is 80.4 Å². The summed E-state index contributed by atoms with van der Waals surface area (Å²) >= 11 is 0. The molecule has 146 valence electrons. The molecule has 4 nitrogen and oxygen atoms in total. The van der Waals surface area contributed by atoms with E-state index in [-0.39, 0.29) is 23.1 Å². The first kappa shape index (κ1) is 18.5. The minimum atomic E-state index is -4.49. The molecule has 0 saturated heterocycles. The monoisotopic (exact) mass is 388 g/mol. The summed E-state index contributed by atoms with van der Waals surface area (Å²) in [5, 5.41) is 14.8. The molecule has 1 heterocycles. The average molecular weight is 388 g/mol. The molecule has 7 heteroatoms. The van der Waals surface area contributed by atoms with E-state index in [1.165, 1.54) is 18.2 Å². The molecule has 1 N–H and O–H groups in total. The largest absolute Gasteiger partial charge is 0.416 e. The van der Waals surface area contributed by atoms with Gasteiger partial charge in [-0.25, -0.2) is 0 Å². The second-order valence-electron chi connectivity index (χ2n) is 7.44. The first-order valence-electron chi connectivity index (χ1n) is 9.08. The van der Waals surface area contributed by atoms with E-state index in [9.17, 15) is 23.3 Å². The van der Waals surface area contributed by atoms with Gasteiger partial charge in [-0.1, -0.05) is 30.4 Å². The molecule has 3 atom stereocenters. The van der Waals surface area contributed by atoms with Crippen molar-refractivity contribution in [3.63, 3.8) is 0 Å². The number of hydrogen-bond acceptors (Lipinski definition) is 3. The molecule has 2 aromatic carbocycles. The Balaban J connectivity index is 1.93. The molecule has 0 aromatic heterocycles. The highest BCUT2D eigenvalue weighted by Crippen LogP contribution is 2.54. The van der Waals surface area contributed by atoms with E-state index in [2.05, 4.69) is 5.32 Å². The summed E-state index contributed by atoms with van der Waals surface area (Å²) in [7, 11) is 0. The van der Waals surface area contributed by atoms with Gasteiger partial charge in [-0.15, -0.1) is 0 Å². The number of anilines is 1. The summed E-state index contributed by atoms with van der Waals surface area (Å²) in [6.07, 6.45) is 0.0664. The van der Waals surface area contributed by atoms with Crippen LogP contribution >= 0.6 is 0 Å². The molecule has 2 aliphatic rings. The van der Waals surface area contributed by atoms with Crippen molar-refractivity contribution in [2.45, 2.75) is 38.4 Å². The zero-order valence-electron chi connectivity index (χ0n) is 15.4. The molecule has 4 rings (SSSR count). The topological polar surface area (TPSA) is 55.2 Å². The second kappa shape index (κ2) is 6.36. The Hall–Kier alpha value is -2.83. The number of fused-ring (bicyclic) bond motifs is 3. The Morgan fingerprint density at radius 1 is 1.21 bits per heavy atom. The van der Waals surface area contributed by atoms with Gasteiger partial charge in [0.2, 0.25) is 0 Å². The molecule has 1 aliphatic carbocycles. The summed E-state index contributed by atoms with van der Waals surface area (Å²) in [4.78, 5) is 11.2. The number of nitro benzene ring substituents is 1. The maximum atomic E-state index is 13.6. The third kappa shape index (κ3) is 2.77. The number of rotatable bonds is 2. The highest BCUT2D eigenvalue weighted by molar-refractivity contribution is 5.74. The number of nitrogens with zero attached hydrogens (tertiary/aromatic N) is 1. The van der Waals surface area contributed by atoms with Crippen molar-refractivity contribution >= 4 is 11.4 Å². The molecule has 1 aliphatic heterocycles. The Morgan fingerprint density at radius 3 is 2.61 bits per heavy atom. The average Bonchev–Trinajstić information content (AvgIpc) is 3.12. The highest BCUT2D eigenvalue weighted by Gasteiger charge is 2.44. The van der Waals surface area contributed by atoms with Gasteiger partial charge in [0.15, 0.2) is 0 Å². The molecular formula is C21H19F3N2O2. The summed E-state index contributed by atoms with van der Waals surface area (Å²) in [6.45, 7) is 3.73. The number of hydrogen-bond donors (Lipinski definition) is 1. The van der Waals surface area contributed by atoms with Crippen LogP contribution in [0.2, 0.25) is 0 Å².